The fraction of sp³-hybridized carbons (Fsp3) is 0.154. The number of halogens is 2. The van der Waals surface area contributed by atoms with Gasteiger partial charge >= 0.3 is 0 Å². The minimum atomic E-state index is -0.584. The molecular weight excluding hydrogens is 350 g/mol. The first kappa shape index (κ1) is 19.4. The van der Waals surface area contributed by atoms with Gasteiger partial charge in [0.2, 0.25) is 0 Å². The summed E-state index contributed by atoms with van der Waals surface area (Å²) in [5.41, 5.74) is 6.24. The lowest BCUT2D eigenvalue weighted by molar-refractivity contribution is 0.567. The van der Waals surface area contributed by atoms with Crippen LogP contribution >= 0.6 is 0 Å². The normalized spacial score (nSPS) is 9.93. The zero-order chi connectivity index (χ0) is 20.3. The fourth-order valence-corrected chi connectivity index (χ4v) is 2.72. The lowest BCUT2D eigenvalue weighted by atomic mass is 9.99. The van der Waals surface area contributed by atoms with Crippen LogP contribution in [0, 0.1) is 63.0 Å². The van der Waals surface area contributed by atoms with Gasteiger partial charge in [0.25, 0.3) is 0 Å². The first-order chi connectivity index (χ1) is 13.3. The fourth-order valence-electron chi connectivity index (χ4n) is 2.72. The molecule has 0 amide bonds. The van der Waals surface area contributed by atoms with E-state index in [9.17, 15) is 8.78 Å². The van der Waals surface area contributed by atoms with E-state index in [0.717, 1.165) is 27.8 Å². The molecule has 0 bridgehead atoms. The summed E-state index contributed by atoms with van der Waals surface area (Å²) < 4.78 is 27.4. The first-order valence-electron chi connectivity index (χ1n) is 9.01. The third kappa shape index (κ3) is 4.48. The molecule has 0 N–H and O–H groups in total. The van der Waals surface area contributed by atoms with Crippen LogP contribution in [0.2, 0.25) is 0 Å². The van der Waals surface area contributed by atoms with Crippen LogP contribution in [0.5, 0.6) is 0 Å². The molecule has 0 aliphatic carbocycles. The Labute approximate surface area is 165 Å². The number of hydrogen-bond donors (Lipinski definition) is 0. The molecule has 0 aliphatic rings. The van der Waals surface area contributed by atoms with Gasteiger partial charge < -0.3 is 0 Å². The number of hydrogen-bond acceptors (Lipinski definition) is 0. The van der Waals surface area contributed by atoms with Crippen LogP contribution in [0.4, 0.5) is 8.78 Å². The van der Waals surface area contributed by atoms with Gasteiger partial charge in [-0.05, 0) is 75.2 Å². The Balaban J connectivity index is 1.90. The van der Waals surface area contributed by atoms with Crippen LogP contribution in [0.25, 0.3) is 0 Å². The molecule has 0 atom stereocenters. The van der Waals surface area contributed by atoms with Crippen molar-refractivity contribution in [2.24, 2.45) is 0 Å². The maximum atomic E-state index is 13.7. The summed E-state index contributed by atoms with van der Waals surface area (Å²) in [4.78, 5) is 0. The molecule has 0 spiro atoms. The highest BCUT2D eigenvalue weighted by Crippen LogP contribution is 2.17. The summed E-state index contributed by atoms with van der Waals surface area (Å²) in [7, 11) is 0. The smallest absolute Gasteiger partial charge is 0.130 e. The van der Waals surface area contributed by atoms with Crippen molar-refractivity contribution >= 4 is 0 Å². The second-order valence-electron chi connectivity index (χ2n) is 6.91. The molecule has 2 heteroatoms. The minimum Gasteiger partial charge on any atom is -0.207 e. The standard InChI is InChI=1S/C26H20F2/c1-17-5-7-21(8-6-17)9-11-23-13-19(3)24(14-18(23)2)12-10-22-15-25(27)20(4)26(28)16-22/h5-8,13-16H,1-4H3. The van der Waals surface area contributed by atoms with Gasteiger partial charge in [0.15, 0.2) is 0 Å². The maximum Gasteiger partial charge on any atom is 0.130 e. The lowest BCUT2D eigenvalue weighted by Crippen LogP contribution is -1.92. The topological polar surface area (TPSA) is 0 Å². The molecule has 0 fully saturated rings. The van der Waals surface area contributed by atoms with Gasteiger partial charge in [-0.15, -0.1) is 0 Å². The van der Waals surface area contributed by atoms with Crippen molar-refractivity contribution in [1.29, 1.82) is 0 Å². The Kier molecular flexibility index (Phi) is 5.62. The van der Waals surface area contributed by atoms with Crippen LogP contribution in [0.1, 0.15) is 44.5 Å². The van der Waals surface area contributed by atoms with Gasteiger partial charge in [0.05, 0.1) is 0 Å². The monoisotopic (exact) mass is 370 g/mol. The van der Waals surface area contributed by atoms with E-state index in [1.165, 1.54) is 24.6 Å². The van der Waals surface area contributed by atoms with Gasteiger partial charge in [-0.25, -0.2) is 8.78 Å². The molecule has 0 unspecified atom stereocenters. The molecule has 3 aromatic rings. The second kappa shape index (κ2) is 8.12. The Morgan fingerprint density at radius 2 is 1.04 bits per heavy atom. The average molecular weight is 370 g/mol. The van der Waals surface area contributed by atoms with Crippen LogP contribution in [0.15, 0.2) is 48.5 Å². The van der Waals surface area contributed by atoms with Crippen LogP contribution in [-0.4, -0.2) is 0 Å². The first-order valence-corrected chi connectivity index (χ1v) is 9.01. The van der Waals surface area contributed by atoms with Gasteiger partial charge in [-0.3, -0.25) is 0 Å². The van der Waals surface area contributed by atoms with E-state index in [0.29, 0.717) is 5.56 Å². The largest absolute Gasteiger partial charge is 0.207 e. The van der Waals surface area contributed by atoms with Crippen molar-refractivity contribution in [2.75, 3.05) is 0 Å². The Morgan fingerprint density at radius 3 is 1.54 bits per heavy atom. The summed E-state index contributed by atoms with van der Waals surface area (Å²) >= 11 is 0. The summed E-state index contributed by atoms with van der Waals surface area (Å²) in [5.74, 6) is 11.1. The van der Waals surface area contributed by atoms with E-state index in [4.69, 9.17) is 0 Å². The highest BCUT2D eigenvalue weighted by Gasteiger charge is 2.06. The molecule has 0 radical (unpaired) electrons. The zero-order valence-electron chi connectivity index (χ0n) is 16.4. The van der Waals surface area contributed by atoms with Crippen molar-refractivity contribution in [3.05, 3.63) is 105 Å². The molecule has 3 rings (SSSR count). The molecule has 0 saturated heterocycles. The van der Waals surface area contributed by atoms with Gasteiger partial charge in [-0.1, -0.05) is 41.4 Å². The van der Waals surface area contributed by atoms with E-state index in [1.54, 1.807) is 0 Å². The Bertz CT molecular complexity index is 1140. The van der Waals surface area contributed by atoms with E-state index < -0.39 is 11.6 Å². The Morgan fingerprint density at radius 1 is 0.571 bits per heavy atom. The predicted molar refractivity (Wildman–Crippen MR) is 110 cm³/mol. The quantitative estimate of drug-likeness (QED) is 0.426. The molecule has 3 aromatic carbocycles. The third-order valence-electron chi connectivity index (χ3n) is 4.59. The molecule has 0 aliphatic heterocycles. The zero-order valence-corrected chi connectivity index (χ0v) is 16.4. The van der Waals surface area contributed by atoms with Gasteiger partial charge in [0, 0.05) is 27.8 Å². The molecule has 28 heavy (non-hydrogen) atoms. The molecule has 0 aromatic heterocycles. The van der Waals surface area contributed by atoms with E-state index in [2.05, 4.69) is 23.7 Å². The summed E-state index contributed by atoms with van der Waals surface area (Å²) in [6, 6.07) is 14.6. The van der Waals surface area contributed by atoms with Crippen molar-refractivity contribution in [1.82, 2.24) is 0 Å². The molecular formula is C26H20F2. The van der Waals surface area contributed by atoms with E-state index in [1.807, 2.05) is 57.2 Å². The summed E-state index contributed by atoms with van der Waals surface area (Å²) in [5, 5.41) is 0. The lowest BCUT2D eigenvalue weighted by Gasteiger charge is -2.04. The molecule has 0 nitrogen and oxygen atoms in total. The third-order valence-corrected chi connectivity index (χ3v) is 4.59. The van der Waals surface area contributed by atoms with Gasteiger partial charge in [-0.2, -0.15) is 0 Å². The number of aryl methyl sites for hydroxylation is 3. The highest BCUT2D eigenvalue weighted by molar-refractivity contribution is 5.54. The molecule has 138 valence electrons. The van der Waals surface area contributed by atoms with E-state index in [-0.39, 0.29) is 5.56 Å². The Hall–Kier alpha value is -3.36. The maximum absolute atomic E-state index is 13.7. The molecule has 0 saturated carbocycles. The van der Waals surface area contributed by atoms with Gasteiger partial charge in [0.1, 0.15) is 11.6 Å². The van der Waals surface area contributed by atoms with Crippen LogP contribution < -0.4 is 0 Å². The van der Waals surface area contributed by atoms with Crippen molar-refractivity contribution in [3.8, 4) is 23.7 Å². The van der Waals surface area contributed by atoms with Crippen molar-refractivity contribution in [3.63, 3.8) is 0 Å². The SMILES string of the molecule is Cc1ccc(C#Cc2cc(C)c(C#Cc3cc(F)c(C)c(F)c3)cc2C)cc1. The molecule has 0 heterocycles. The van der Waals surface area contributed by atoms with Crippen LogP contribution in [-0.2, 0) is 0 Å². The highest BCUT2D eigenvalue weighted by atomic mass is 19.1. The number of benzene rings is 3. The average Bonchev–Trinajstić information content (AvgIpc) is 2.66. The second-order valence-corrected chi connectivity index (χ2v) is 6.91. The summed E-state index contributed by atoms with van der Waals surface area (Å²) in [6.45, 7) is 7.39. The van der Waals surface area contributed by atoms with Crippen molar-refractivity contribution < 1.29 is 8.78 Å². The number of rotatable bonds is 0. The van der Waals surface area contributed by atoms with Crippen LogP contribution in [0.3, 0.4) is 0 Å². The van der Waals surface area contributed by atoms with E-state index >= 15 is 0 Å². The predicted octanol–water partition coefficient (Wildman–Crippen LogP) is 6.00. The minimum absolute atomic E-state index is 0.00841. The van der Waals surface area contributed by atoms with Crippen molar-refractivity contribution in [2.45, 2.75) is 27.7 Å². The summed E-state index contributed by atoms with van der Waals surface area (Å²) in [6.07, 6.45) is 0.